The molecule has 3 N–H and O–H groups in total. The van der Waals surface area contributed by atoms with Crippen LogP contribution in [0.25, 0.3) is 0 Å². The molecule has 2 rings (SSSR count). The summed E-state index contributed by atoms with van der Waals surface area (Å²) in [5.41, 5.74) is -11.9. The zero-order valence-electron chi connectivity index (χ0n) is 17.8. The van der Waals surface area contributed by atoms with Gasteiger partial charge in [0.05, 0.1) is 11.1 Å². The number of hydrogen-bond donors (Lipinski definition) is 3. The summed E-state index contributed by atoms with van der Waals surface area (Å²) in [5.74, 6) is -4.05. The molecular weight excluding hydrogens is 504 g/mol. The first-order valence-corrected chi connectivity index (χ1v) is 9.47. The molecule has 194 valence electrons. The van der Waals surface area contributed by atoms with Crippen molar-refractivity contribution < 1.29 is 58.9 Å². The predicted molar refractivity (Wildman–Crippen MR) is 102 cm³/mol. The summed E-state index contributed by atoms with van der Waals surface area (Å²) in [7, 11) is 0. The molecule has 1 atom stereocenters. The number of aliphatic hydroxyl groups is 1. The number of nitrogens with one attached hydrogen (secondary N) is 1. The third-order valence-electron chi connectivity index (χ3n) is 5.08. The van der Waals surface area contributed by atoms with E-state index in [4.69, 9.17) is 0 Å². The van der Waals surface area contributed by atoms with E-state index in [2.05, 4.69) is 0 Å². The summed E-state index contributed by atoms with van der Waals surface area (Å²) < 4.78 is 133. The molecule has 0 spiro atoms. The number of aromatic hydroxyl groups is 1. The maximum Gasteiger partial charge on any atom is 0.426 e. The van der Waals surface area contributed by atoms with E-state index >= 15 is 0 Å². The van der Waals surface area contributed by atoms with Gasteiger partial charge >= 0.3 is 18.5 Å². The molecule has 1 unspecified atom stereocenters. The summed E-state index contributed by atoms with van der Waals surface area (Å²) in [4.78, 5) is 12.5. The molecule has 0 saturated carbocycles. The van der Waals surface area contributed by atoms with Crippen molar-refractivity contribution >= 4 is 11.6 Å². The SMILES string of the molecule is CC(C)(CC(O)(C(=O)Nc1cc(C(F)(F)F)cc(C(F)(F)F)c1)C(F)(F)F)c1cc(F)ccc1O. The molecule has 0 aliphatic heterocycles. The number of amides is 1. The summed E-state index contributed by atoms with van der Waals surface area (Å²) in [6.07, 6.45) is -18.1. The lowest BCUT2D eigenvalue weighted by Gasteiger charge is -2.37. The van der Waals surface area contributed by atoms with Crippen molar-refractivity contribution in [1.82, 2.24) is 0 Å². The molecule has 2 aromatic rings. The predicted octanol–water partition coefficient (Wildman–Crippen LogP) is 6.17. The Kier molecular flexibility index (Phi) is 7.16. The van der Waals surface area contributed by atoms with Crippen LogP contribution in [-0.2, 0) is 22.6 Å². The van der Waals surface area contributed by atoms with Crippen LogP contribution in [0, 0.1) is 5.82 Å². The quantitative estimate of drug-likeness (QED) is 0.413. The minimum Gasteiger partial charge on any atom is -0.508 e. The van der Waals surface area contributed by atoms with Gasteiger partial charge in [-0.1, -0.05) is 13.8 Å². The number of alkyl halides is 9. The number of benzene rings is 2. The third kappa shape index (κ3) is 6.16. The number of rotatable bonds is 5. The Morgan fingerprint density at radius 2 is 1.34 bits per heavy atom. The molecule has 2 aromatic carbocycles. The van der Waals surface area contributed by atoms with Crippen LogP contribution in [-0.4, -0.2) is 27.9 Å². The number of phenolic OH excluding ortho intramolecular Hbond substituents is 1. The molecule has 0 aromatic heterocycles. The monoisotopic (exact) mass is 521 g/mol. The van der Waals surface area contributed by atoms with E-state index in [1.165, 1.54) is 5.32 Å². The average molecular weight is 521 g/mol. The van der Waals surface area contributed by atoms with E-state index < -0.39 is 75.8 Å². The Bertz CT molecular complexity index is 1070. The summed E-state index contributed by atoms with van der Waals surface area (Å²) in [5, 5.41) is 21.5. The Morgan fingerprint density at radius 1 is 0.857 bits per heavy atom. The highest BCUT2D eigenvalue weighted by Gasteiger charge is 2.61. The van der Waals surface area contributed by atoms with Gasteiger partial charge in [-0.05, 0) is 41.8 Å². The summed E-state index contributed by atoms with van der Waals surface area (Å²) in [6, 6.07) is 1.86. The number of halogens is 10. The molecule has 0 aliphatic rings. The van der Waals surface area contributed by atoms with Gasteiger partial charge in [0.1, 0.15) is 11.6 Å². The van der Waals surface area contributed by atoms with Gasteiger partial charge in [0, 0.05) is 17.7 Å². The minimum absolute atomic E-state index is 0.0342. The zero-order valence-corrected chi connectivity index (χ0v) is 17.8. The molecule has 0 heterocycles. The van der Waals surface area contributed by atoms with E-state index in [9.17, 15) is 58.9 Å². The summed E-state index contributed by atoms with van der Waals surface area (Å²) in [6.45, 7) is 2.00. The Labute approximate surface area is 191 Å². The van der Waals surface area contributed by atoms with E-state index in [1.807, 2.05) is 0 Å². The van der Waals surface area contributed by atoms with Gasteiger partial charge in [-0.2, -0.15) is 39.5 Å². The van der Waals surface area contributed by atoms with Crippen molar-refractivity contribution in [1.29, 1.82) is 0 Å². The zero-order chi connectivity index (χ0) is 27.2. The highest BCUT2D eigenvalue weighted by atomic mass is 19.4. The number of carbonyl (C=O) groups excluding carboxylic acids is 1. The lowest BCUT2D eigenvalue weighted by molar-refractivity contribution is -0.254. The fourth-order valence-electron chi connectivity index (χ4n) is 3.36. The van der Waals surface area contributed by atoms with Crippen LogP contribution in [0.3, 0.4) is 0 Å². The number of anilines is 1. The molecule has 14 heteroatoms. The van der Waals surface area contributed by atoms with Crippen LogP contribution < -0.4 is 5.32 Å². The molecule has 0 saturated heterocycles. The number of hydrogen-bond acceptors (Lipinski definition) is 3. The lowest BCUT2D eigenvalue weighted by atomic mass is 9.74. The van der Waals surface area contributed by atoms with Crippen LogP contribution in [0.4, 0.5) is 49.6 Å². The van der Waals surface area contributed by atoms with Crippen LogP contribution in [0.5, 0.6) is 5.75 Å². The molecular formula is C21H17F10NO3. The summed E-state index contributed by atoms with van der Waals surface area (Å²) >= 11 is 0. The Balaban J connectivity index is 2.54. The molecule has 0 radical (unpaired) electrons. The van der Waals surface area contributed by atoms with Crippen LogP contribution in [0.1, 0.15) is 37.0 Å². The van der Waals surface area contributed by atoms with Gasteiger partial charge < -0.3 is 15.5 Å². The van der Waals surface area contributed by atoms with Gasteiger partial charge in [0.2, 0.25) is 5.60 Å². The average Bonchev–Trinajstić information content (AvgIpc) is 2.66. The van der Waals surface area contributed by atoms with E-state index in [-0.39, 0.29) is 18.2 Å². The standard InChI is InChI=1S/C21H17F10NO3/c1-17(2,14-8-12(22)3-4-15(14)33)9-18(35,21(29,30)31)16(34)32-13-6-10(19(23,24)25)5-11(7-13)20(26,27)28/h3-8,33,35H,9H2,1-2H3,(H,32,34). The van der Waals surface area contributed by atoms with Crippen molar-refractivity contribution in [2.75, 3.05) is 5.32 Å². The second kappa shape index (κ2) is 8.88. The van der Waals surface area contributed by atoms with Gasteiger partial charge in [-0.3, -0.25) is 4.79 Å². The first-order valence-electron chi connectivity index (χ1n) is 9.47. The third-order valence-corrected chi connectivity index (χ3v) is 5.08. The van der Waals surface area contributed by atoms with Crippen molar-refractivity contribution in [3.63, 3.8) is 0 Å². The smallest absolute Gasteiger partial charge is 0.426 e. The maximum absolute atomic E-state index is 13.8. The van der Waals surface area contributed by atoms with Crippen molar-refractivity contribution in [2.24, 2.45) is 0 Å². The maximum atomic E-state index is 13.8. The molecule has 1 amide bonds. The number of carbonyl (C=O) groups is 1. The van der Waals surface area contributed by atoms with Crippen LogP contribution in [0.2, 0.25) is 0 Å². The van der Waals surface area contributed by atoms with Crippen LogP contribution in [0.15, 0.2) is 36.4 Å². The minimum atomic E-state index is -5.79. The molecule has 0 aliphatic carbocycles. The fraction of sp³-hybridized carbons (Fsp3) is 0.381. The Morgan fingerprint density at radius 3 is 1.77 bits per heavy atom. The lowest BCUT2D eigenvalue weighted by Crippen LogP contribution is -2.57. The van der Waals surface area contributed by atoms with Crippen molar-refractivity contribution in [3.8, 4) is 5.75 Å². The first-order chi connectivity index (χ1) is 15.6. The highest BCUT2D eigenvalue weighted by Crippen LogP contribution is 2.44. The highest BCUT2D eigenvalue weighted by molar-refractivity contribution is 5.98. The Hall–Kier alpha value is -3.03. The van der Waals surface area contributed by atoms with E-state index in [0.717, 1.165) is 26.0 Å². The molecule has 0 bridgehead atoms. The number of phenols is 1. The molecule has 4 nitrogen and oxygen atoms in total. The van der Waals surface area contributed by atoms with Gasteiger partial charge in [0.15, 0.2) is 0 Å². The largest absolute Gasteiger partial charge is 0.508 e. The van der Waals surface area contributed by atoms with Crippen LogP contribution >= 0.6 is 0 Å². The van der Waals surface area contributed by atoms with Crippen molar-refractivity contribution in [3.05, 3.63) is 58.9 Å². The second-order valence-electron chi connectivity index (χ2n) is 8.33. The molecule has 0 fully saturated rings. The fourth-order valence-corrected chi connectivity index (χ4v) is 3.36. The second-order valence-corrected chi connectivity index (χ2v) is 8.33. The first kappa shape index (κ1) is 28.2. The van der Waals surface area contributed by atoms with Gasteiger partial charge in [-0.15, -0.1) is 0 Å². The topological polar surface area (TPSA) is 69.6 Å². The van der Waals surface area contributed by atoms with E-state index in [0.29, 0.717) is 6.07 Å². The molecule has 35 heavy (non-hydrogen) atoms. The van der Waals surface area contributed by atoms with Gasteiger partial charge in [-0.25, -0.2) is 4.39 Å². The van der Waals surface area contributed by atoms with Gasteiger partial charge in [0.25, 0.3) is 5.91 Å². The normalized spacial score (nSPS) is 15.0. The van der Waals surface area contributed by atoms with E-state index in [1.54, 1.807) is 0 Å². The van der Waals surface area contributed by atoms with Crippen molar-refractivity contribution in [2.45, 2.75) is 49.8 Å².